The third kappa shape index (κ3) is 2.53. The van der Waals surface area contributed by atoms with Gasteiger partial charge in [-0.3, -0.25) is 0 Å². The van der Waals surface area contributed by atoms with E-state index in [-0.39, 0.29) is 0 Å². The van der Waals surface area contributed by atoms with E-state index in [0.717, 1.165) is 0 Å². The van der Waals surface area contributed by atoms with Crippen LogP contribution >= 0.6 is 0 Å². The van der Waals surface area contributed by atoms with Crippen LogP contribution in [0.5, 0.6) is 0 Å². The molecule has 14 heavy (non-hydrogen) atoms. The summed E-state index contributed by atoms with van der Waals surface area (Å²) in [4.78, 5) is 11.4. The third-order valence-electron chi connectivity index (χ3n) is 1.66. The lowest BCUT2D eigenvalue weighted by Crippen LogP contribution is -2.12. The maximum absolute atomic E-state index is 11.4. The zero-order chi connectivity index (χ0) is 10.6. The number of carbonyl (C=O) groups excluding carboxylic acids is 1. The van der Waals surface area contributed by atoms with Gasteiger partial charge in [0.1, 0.15) is 0 Å². The molecule has 3 heteroatoms. The Morgan fingerprint density at radius 1 is 1.50 bits per heavy atom. The highest BCUT2D eigenvalue weighted by Gasteiger charge is 2.09. The summed E-state index contributed by atoms with van der Waals surface area (Å²) in [5, 5.41) is 0. The van der Waals surface area contributed by atoms with E-state index < -0.39 is 12.1 Å². The lowest BCUT2D eigenvalue weighted by molar-refractivity contribution is 0.0439. The predicted molar refractivity (Wildman–Crippen MR) is 54.6 cm³/mol. The highest BCUT2D eigenvalue weighted by atomic mass is 16.5. The second-order valence-corrected chi connectivity index (χ2v) is 2.84. The summed E-state index contributed by atoms with van der Waals surface area (Å²) in [6.07, 6.45) is 4.56. The number of nitrogen functional groups attached to an aromatic ring is 1. The molecule has 0 radical (unpaired) electrons. The zero-order valence-electron chi connectivity index (χ0n) is 7.86. The molecule has 0 saturated carbocycles. The van der Waals surface area contributed by atoms with Crippen molar-refractivity contribution in [2.45, 2.75) is 13.0 Å². The molecule has 0 amide bonds. The number of rotatable bonds is 2. The summed E-state index contributed by atoms with van der Waals surface area (Å²) in [7, 11) is 0. The van der Waals surface area contributed by atoms with Crippen LogP contribution in [0.15, 0.2) is 24.3 Å². The molecule has 0 saturated heterocycles. The molecule has 0 spiro atoms. The van der Waals surface area contributed by atoms with Crippen LogP contribution in [-0.2, 0) is 4.74 Å². The molecule has 0 fully saturated rings. The molecule has 1 aromatic rings. The minimum absolute atomic E-state index is 0.435. The van der Waals surface area contributed by atoms with Crippen molar-refractivity contribution < 1.29 is 9.53 Å². The summed E-state index contributed by atoms with van der Waals surface area (Å²) in [6.45, 7) is 1.63. The molecule has 1 aromatic carbocycles. The van der Waals surface area contributed by atoms with Gasteiger partial charge in [0.25, 0.3) is 0 Å². The first kappa shape index (κ1) is 10.1. The smallest absolute Gasteiger partial charge is 0.339 e. The summed E-state index contributed by atoms with van der Waals surface area (Å²) >= 11 is 0. The number of benzene rings is 1. The van der Waals surface area contributed by atoms with Crippen molar-refractivity contribution in [3.8, 4) is 12.3 Å². The van der Waals surface area contributed by atoms with Gasteiger partial charge in [-0.15, -0.1) is 6.42 Å². The monoisotopic (exact) mass is 189 g/mol. The first-order valence-electron chi connectivity index (χ1n) is 4.16. The molecule has 0 aromatic heterocycles. The first-order chi connectivity index (χ1) is 6.63. The molecule has 0 aliphatic heterocycles. The fourth-order valence-electron chi connectivity index (χ4n) is 0.882. The molecule has 0 bridgehead atoms. The van der Waals surface area contributed by atoms with Gasteiger partial charge in [0.05, 0.1) is 5.56 Å². The lowest BCUT2D eigenvalue weighted by atomic mass is 10.2. The van der Waals surface area contributed by atoms with E-state index in [4.69, 9.17) is 16.9 Å². The van der Waals surface area contributed by atoms with Gasteiger partial charge < -0.3 is 10.5 Å². The van der Waals surface area contributed by atoms with Crippen LogP contribution < -0.4 is 5.73 Å². The molecule has 1 atom stereocenters. The van der Waals surface area contributed by atoms with Gasteiger partial charge in [0.15, 0.2) is 6.10 Å². The van der Waals surface area contributed by atoms with Gasteiger partial charge >= 0.3 is 5.97 Å². The van der Waals surface area contributed by atoms with Gasteiger partial charge in [-0.25, -0.2) is 4.79 Å². The van der Waals surface area contributed by atoms with Crippen molar-refractivity contribution in [3.63, 3.8) is 0 Å². The molecular formula is C11H11NO2. The number of esters is 1. The van der Waals surface area contributed by atoms with Crippen LogP contribution in [0.4, 0.5) is 5.69 Å². The van der Waals surface area contributed by atoms with Crippen LogP contribution in [0.25, 0.3) is 0 Å². The Labute approximate surface area is 82.9 Å². The average molecular weight is 189 g/mol. The maximum Gasteiger partial charge on any atom is 0.339 e. The Morgan fingerprint density at radius 3 is 2.57 bits per heavy atom. The van der Waals surface area contributed by atoms with Crippen molar-refractivity contribution in [2.75, 3.05) is 5.73 Å². The van der Waals surface area contributed by atoms with Crippen molar-refractivity contribution >= 4 is 11.7 Å². The summed E-state index contributed by atoms with van der Waals surface area (Å²) in [5.41, 5.74) is 6.52. The molecule has 1 unspecified atom stereocenters. The van der Waals surface area contributed by atoms with E-state index in [1.54, 1.807) is 31.2 Å². The Kier molecular flexibility index (Phi) is 3.14. The minimum atomic E-state index is -0.514. The van der Waals surface area contributed by atoms with E-state index in [2.05, 4.69) is 5.92 Å². The van der Waals surface area contributed by atoms with E-state index in [0.29, 0.717) is 11.3 Å². The third-order valence-corrected chi connectivity index (χ3v) is 1.66. The Hall–Kier alpha value is -1.95. The fraction of sp³-hybridized carbons (Fsp3) is 0.182. The largest absolute Gasteiger partial charge is 0.446 e. The van der Waals surface area contributed by atoms with E-state index in [1.165, 1.54) is 0 Å². The molecule has 72 valence electrons. The fourth-order valence-corrected chi connectivity index (χ4v) is 0.882. The van der Waals surface area contributed by atoms with Crippen molar-refractivity contribution in [1.82, 2.24) is 0 Å². The zero-order valence-corrected chi connectivity index (χ0v) is 7.86. The minimum Gasteiger partial charge on any atom is -0.446 e. The standard InChI is InChI=1S/C11H11NO2/c1-3-8(2)14-11(13)9-4-6-10(12)7-5-9/h1,4-8H,12H2,2H3. The Bertz CT molecular complexity index is 362. The molecule has 1 rings (SSSR count). The quantitative estimate of drug-likeness (QED) is 0.435. The van der Waals surface area contributed by atoms with Crippen LogP contribution in [0, 0.1) is 12.3 Å². The topological polar surface area (TPSA) is 52.3 Å². The molecule has 0 aliphatic carbocycles. The van der Waals surface area contributed by atoms with E-state index >= 15 is 0 Å². The second kappa shape index (κ2) is 4.33. The van der Waals surface area contributed by atoms with Gasteiger partial charge in [-0.05, 0) is 31.2 Å². The van der Waals surface area contributed by atoms with Gasteiger partial charge in [0.2, 0.25) is 0 Å². The lowest BCUT2D eigenvalue weighted by Gasteiger charge is -2.06. The first-order valence-corrected chi connectivity index (χ1v) is 4.16. The number of ether oxygens (including phenoxy) is 1. The summed E-state index contributed by atoms with van der Waals surface area (Å²) in [5.74, 6) is 1.87. The second-order valence-electron chi connectivity index (χ2n) is 2.84. The normalized spacial score (nSPS) is 11.4. The summed E-state index contributed by atoms with van der Waals surface area (Å²) < 4.78 is 4.91. The number of nitrogens with two attached hydrogens (primary N) is 1. The number of anilines is 1. The highest BCUT2D eigenvalue weighted by molar-refractivity contribution is 5.89. The number of hydrogen-bond acceptors (Lipinski definition) is 3. The molecule has 0 aliphatic rings. The van der Waals surface area contributed by atoms with Crippen LogP contribution in [0.3, 0.4) is 0 Å². The van der Waals surface area contributed by atoms with E-state index in [1.807, 2.05) is 0 Å². The molecule has 3 nitrogen and oxygen atoms in total. The maximum atomic E-state index is 11.4. The summed E-state index contributed by atoms with van der Waals surface area (Å²) in [6, 6.07) is 6.47. The van der Waals surface area contributed by atoms with Crippen LogP contribution in [-0.4, -0.2) is 12.1 Å². The SMILES string of the molecule is C#CC(C)OC(=O)c1ccc(N)cc1. The Morgan fingerprint density at radius 2 is 2.07 bits per heavy atom. The number of carbonyl (C=O) groups is 1. The Balaban J connectivity index is 2.71. The van der Waals surface area contributed by atoms with Crippen molar-refractivity contribution in [2.24, 2.45) is 0 Å². The highest BCUT2D eigenvalue weighted by Crippen LogP contribution is 2.07. The van der Waals surface area contributed by atoms with Gasteiger partial charge in [-0.1, -0.05) is 5.92 Å². The number of hydrogen-bond donors (Lipinski definition) is 1. The van der Waals surface area contributed by atoms with Crippen molar-refractivity contribution in [3.05, 3.63) is 29.8 Å². The molecular weight excluding hydrogens is 178 g/mol. The molecule has 0 heterocycles. The van der Waals surface area contributed by atoms with Crippen molar-refractivity contribution in [1.29, 1.82) is 0 Å². The molecule has 2 N–H and O–H groups in total. The number of terminal acetylenes is 1. The van der Waals surface area contributed by atoms with Gasteiger partial charge in [0, 0.05) is 5.69 Å². The van der Waals surface area contributed by atoms with Crippen LogP contribution in [0.2, 0.25) is 0 Å². The van der Waals surface area contributed by atoms with Crippen LogP contribution in [0.1, 0.15) is 17.3 Å². The van der Waals surface area contributed by atoms with Gasteiger partial charge in [-0.2, -0.15) is 0 Å². The average Bonchev–Trinajstić information content (AvgIpc) is 2.18. The predicted octanol–water partition coefficient (Wildman–Crippen LogP) is 1.45. The van der Waals surface area contributed by atoms with E-state index in [9.17, 15) is 4.79 Å².